The van der Waals surface area contributed by atoms with Gasteiger partial charge in [-0.15, -0.1) is 0 Å². The average Bonchev–Trinajstić information content (AvgIpc) is 2.38. The molecule has 0 unspecified atom stereocenters. The molecular formula is C12H11N3O2. The second kappa shape index (κ2) is 4.61. The molecule has 2 N–H and O–H groups in total. The molecular weight excluding hydrogens is 218 g/mol. The summed E-state index contributed by atoms with van der Waals surface area (Å²) in [5, 5.41) is 8.57. The fourth-order valence-electron chi connectivity index (χ4n) is 1.52. The minimum Gasteiger partial charge on any atom is -0.355 e. The predicted molar refractivity (Wildman–Crippen MR) is 63.7 cm³/mol. The summed E-state index contributed by atoms with van der Waals surface area (Å²) in [6, 6.07) is 8.46. The monoisotopic (exact) mass is 229 g/mol. The van der Waals surface area contributed by atoms with Crippen LogP contribution in [0.4, 0.5) is 0 Å². The summed E-state index contributed by atoms with van der Waals surface area (Å²) < 4.78 is 0. The van der Waals surface area contributed by atoms with Gasteiger partial charge in [0.25, 0.3) is 11.5 Å². The minimum atomic E-state index is -0.271. The fraction of sp³-hybridized carbons (Fsp3) is 0.0833. The quantitative estimate of drug-likeness (QED) is 0.799. The number of aromatic nitrogens is 2. The molecule has 0 saturated heterocycles. The highest BCUT2D eigenvalue weighted by Crippen LogP contribution is 2.17. The van der Waals surface area contributed by atoms with Gasteiger partial charge < -0.3 is 5.32 Å². The fourth-order valence-corrected chi connectivity index (χ4v) is 1.52. The number of nitrogens with one attached hydrogen (secondary N) is 2. The van der Waals surface area contributed by atoms with E-state index in [2.05, 4.69) is 15.5 Å². The summed E-state index contributed by atoms with van der Waals surface area (Å²) in [6.07, 6.45) is 1.55. The molecule has 0 aliphatic heterocycles. The van der Waals surface area contributed by atoms with E-state index in [-0.39, 0.29) is 11.5 Å². The van der Waals surface area contributed by atoms with Gasteiger partial charge in [0.15, 0.2) is 0 Å². The molecule has 0 saturated carbocycles. The van der Waals surface area contributed by atoms with E-state index in [1.54, 1.807) is 31.4 Å². The number of H-pyrrole nitrogens is 1. The first-order chi connectivity index (χ1) is 8.20. The smallest absolute Gasteiger partial charge is 0.264 e. The number of nitrogens with zero attached hydrogens (tertiary/aromatic N) is 1. The SMILES string of the molecule is CNC(=O)c1cccc(-c2cn[nH]c(=O)c2)c1. The molecule has 0 radical (unpaired) electrons. The molecule has 86 valence electrons. The molecule has 0 aliphatic carbocycles. The molecule has 0 spiro atoms. The van der Waals surface area contributed by atoms with Gasteiger partial charge in [0.2, 0.25) is 0 Å². The normalized spacial score (nSPS) is 9.94. The Bertz CT molecular complexity index is 604. The molecule has 2 rings (SSSR count). The number of carbonyl (C=O) groups is 1. The van der Waals surface area contributed by atoms with E-state index in [4.69, 9.17) is 0 Å². The van der Waals surface area contributed by atoms with Crippen molar-refractivity contribution < 1.29 is 4.79 Å². The van der Waals surface area contributed by atoms with Crippen LogP contribution in [0.15, 0.2) is 41.3 Å². The Morgan fingerprint density at radius 3 is 2.82 bits per heavy atom. The van der Waals surface area contributed by atoms with Crippen molar-refractivity contribution >= 4 is 5.91 Å². The summed E-state index contributed by atoms with van der Waals surface area (Å²) in [5.41, 5.74) is 1.74. The van der Waals surface area contributed by atoms with Gasteiger partial charge in [-0.25, -0.2) is 5.10 Å². The van der Waals surface area contributed by atoms with Crippen molar-refractivity contribution in [1.29, 1.82) is 0 Å². The van der Waals surface area contributed by atoms with E-state index in [0.717, 1.165) is 5.56 Å². The van der Waals surface area contributed by atoms with Gasteiger partial charge in [0, 0.05) is 24.2 Å². The third-order valence-electron chi connectivity index (χ3n) is 2.35. The van der Waals surface area contributed by atoms with Crippen LogP contribution < -0.4 is 10.9 Å². The first-order valence-electron chi connectivity index (χ1n) is 5.08. The molecule has 1 amide bonds. The molecule has 5 nitrogen and oxygen atoms in total. The first-order valence-corrected chi connectivity index (χ1v) is 5.08. The van der Waals surface area contributed by atoms with Crippen molar-refractivity contribution in [2.24, 2.45) is 0 Å². The zero-order chi connectivity index (χ0) is 12.3. The van der Waals surface area contributed by atoms with Gasteiger partial charge >= 0.3 is 0 Å². The van der Waals surface area contributed by atoms with Crippen LogP contribution in [0.3, 0.4) is 0 Å². The van der Waals surface area contributed by atoms with Crippen LogP contribution in [0.1, 0.15) is 10.4 Å². The van der Waals surface area contributed by atoms with Gasteiger partial charge in [-0.1, -0.05) is 12.1 Å². The lowest BCUT2D eigenvalue weighted by Gasteiger charge is -2.03. The maximum Gasteiger partial charge on any atom is 0.264 e. The van der Waals surface area contributed by atoms with Crippen LogP contribution >= 0.6 is 0 Å². The molecule has 0 fully saturated rings. The predicted octanol–water partition coefficient (Wildman–Crippen LogP) is 0.797. The Kier molecular flexibility index (Phi) is 3.00. The lowest BCUT2D eigenvalue weighted by atomic mass is 10.1. The lowest BCUT2D eigenvalue weighted by molar-refractivity contribution is 0.0963. The summed E-state index contributed by atoms with van der Waals surface area (Å²) in [6.45, 7) is 0. The largest absolute Gasteiger partial charge is 0.355 e. The number of amides is 1. The van der Waals surface area contributed by atoms with Crippen LogP contribution in [0.2, 0.25) is 0 Å². The maximum absolute atomic E-state index is 11.5. The third-order valence-corrected chi connectivity index (χ3v) is 2.35. The van der Waals surface area contributed by atoms with Crippen LogP contribution in [-0.4, -0.2) is 23.2 Å². The van der Waals surface area contributed by atoms with E-state index < -0.39 is 0 Å². The van der Waals surface area contributed by atoms with E-state index in [1.165, 1.54) is 6.07 Å². The minimum absolute atomic E-state index is 0.162. The topological polar surface area (TPSA) is 74.8 Å². The number of hydrogen-bond acceptors (Lipinski definition) is 3. The summed E-state index contributed by atoms with van der Waals surface area (Å²) in [4.78, 5) is 22.6. The van der Waals surface area contributed by atoms with E-state index >= 15 is 0 Å². The van der Waals surface area contributed by atoms with Crippen molar-refractivity contribution in [1.82, 2.24) is 15.5 Å². The van der Waals surface area contributed by atoms with Crippen LogP contribution in [0, 0.1) is 0 Å². The van der Waals surface area contributed by atoms with Gasteiger partial charge in [-0.3, -0.25) is 9.59 Å². The number of hydrogen-bond donors (Lipinski definition) is 2. The summed E-state index contributed by atoms with van der Waals surface area (Å²) in [5.74, 6) is -0.162. The zero-order valence-electron chi connectivity index (χ0n) is 9.23. The Balaban J connectivity index is 2.46. The molecule has 1 aromatic heterocycles. The summed E-state index contributed by atoms with van der Waals surface area (Å²) >= 11 is 0. The highest BCUT2D eigenvalue weighted by molar-refractivity contribution is 5.95. The van der Waals surface area contributed by atoms with Crippen molar-refractivity contribution in [3.8, 4) is 11.1 Å². The zero-order valence-corrected chi connectivity index (χ0v) is 9.23. The number of carbonyl (C=O) groups excluding carboxylic acids is 1. The second-order valence-corrected chi connectivity index (χ2v) is 3.49. The van der Waals surface area contributed by atoms with E-state index in [1.807, 2.05) is 6.07 Å². The van der Waals surface area contributed by atoms with Gasteiger partial charge in [-0.05, 0) is 17.7 Å². The van der Waals surface area contributed by atoms with Crippen molar-refractivity contribution in [2.75, 3.05) is 7.05 Å². The Labute approximate surface area is 97.5 Å². The Morgan fingerprint density at radius 2 is 2.12 bits per heavy atom. The van der Waals surface area contributed by atoms with E-state index in [0.29, 0.717) is 11.1 Å². The van der Waals surface area contributed by atoms with Crippen LogP contribution in [0.25, 0.3) is 11.1 Å². The second-order valence-electron chi connectivity index (χ2n) is 3.49. The van der Waals surface area contributed by atoms with Crippen LogP contribution in [0.5, 0.6) is 0 Å². The number of rotatable bonds is 2. The molecule has 1 heterocycles. The Morgan fingerprint density at radius 1 is 1.29 bits per heavy atom. The highest BCUT2D eigenvalue weighted by Gasteiger charge is 2.05. The Hall–Kier alpha value is -2.43. The number of aromatic amines is 1. The van der Waals surface area contributed by atoms with Crippen molar-refractivity contribution in [3.05, 3.63) is 52.4 Å². The lowest BCUT2D eigenvalue weighted by Crippen LogP contribution is -2.17. The van der Waals surface area contributed by atoms with Crippen molar-refractivity contribution in [2.45, 2.75) is 0 Å². The van der Waals surface area contributed by atoms with Gasteiger partial charge in [0.05, 0.1) is 6.20 Å². The summed E-state index contributed by atoms with van der Waals surface area (Å²) in [7, 11) is 1.57. The molecule has 0 atom stereocenters. The average molecular weight is 229 g/mol. The molecule has 17 heavy (non-hydrogen) atoms. The molecule has 0 aliphatic rings. The standard InChI is InChI=1S/C12H11N3O2/c1-13-12(17)9-4-2-3-8(5-9)10-6-11(16)15-14-7-10/h2-7H,1H3,(H,13,17)(H,15,16). The van der Waals surface area contributed by atoms with Gasteiger partial charge in [0.1, 0.15) is 0 Å². The van der Waals surface area contributed by atoms with E-state index in [9.17, 15) is 9.59 Å². The third kappa shape index (κ3) is 2.39. The van der Waals surface area contributed by atoms with Gasteiger partial charge in [-0.2, -0.15) is 5.10 Å². The number of benzene rings is 1. The first kappa shape index (κ1) is 11.1. The maximum atomic E-state index is 11.5. The highest BCUT2D eigenvalue weighted by atomic mass is 16.1. The molecule has 1 aromatic carbocycles. The van der Waals surface area contributed by atoms with Crippen LogP contribution in [-0.2, 0) is 0 Å². The molecule has 0 bridgehead atoms. The van der Waals surface area contributed by atoms with Crippen molar-refractivity contribution in [3.63, 3.8) is 0 Å². The molecule has 5 heteroatoms. The molecule has 2 aromatic rings.